The fraction of sp³-hybridized carbons (Fsp3) is 0.833. The zero-order valence-electron chi connectivity index (χ0n) is 8.90. The molecule has 0 spiro atoms. The molecule has 1 fully saturated rings. The standard InChI is InChI=1S/C12H21N/c1-4-7-12(10-13-3)8-5-6-11(2)9-12/h1,11,13H,5-10H2,2-3H3. The smallest absolute Gasteiger partial charge is 0.0155 e. The van der Waals surface area contributed by atoms with E-state index in [0.717, 1.165) is 18.9 Å². The number of hydrogen-bond donors (Lipinski definition) is 1. The first-order valence-electron chi connectivity index (χ1n) is 5.30. The van der Waals surface area contributed by atoms with Crippen LogP contribution in [0.3, 0.4) is 0 Å². The molecule has 1 N–H and O–H groups in total. The van der Waals surface area contributed by atoms with Crippen molar-refractivity contribution in [2.45, 2.75) is 39.0 Å². The third-order valence-electron chi connectivity index (χ3n) is 3.21. The molecule has 1 saturated carbocycles. The molecule has 1 nitrogen and oxygen atoms in total. The second-order valence-electron chi connectivity index (χ2n) is 4.61. The first-order valence-corrected chi connectivity index (χ1v) is 5.30. The highest BCUT2D eigenvalue weighted by molar-refractivity contribution is 4.97. The van der Waals surface area contributed by atoms with E-state index in [1.165, 1.54) is 25.7 Å². The number of terminal acetylenes is 1. The average molecular weight is 179 g/mol. The van der Waals surface area contributed by atoms with Crippen molar-refractivity contribution in [2.75, 3.05) is 13.6 Å². The van der Waals surface area contributed by atoms with Crippen LogP contribution in [-0.4, -0.2) is 13.6 Å². The summed E-state index contributed by atoms with van der Waals surface area (Å²) in [4.78, 5) is 0. The third-order valence-corrected chi connectivity index (χ3v) is 3.21. The first-order chi connectivity index (χ1) is 6.22. The Morgan fingerprint density at radius 3 is 2.92 bits per heavy atom. The molecule has 0 heterocycles. The Morgan fingerprint density at radius 2 is 2.38 bits per heavy atom. The van der Waals surface area contributed by atoms with E-state index in [2.05, 4.69) is 18.2 Å². The molecule has 0 saturated heterocycles. The number of hydrogen-bond acceptors (Lipinski definition) is 1. The fourth-order valence-electron chi connectivity index (χ4n) is 2.74. The van der Waals surface area contributed by atoms with Crippen molar-refractivity contribution in [2.24, 2.45) is 11.3 Å². The van der Waals surface area contributed by atoms with Crippen LogP contribution >= 0.6 is 0 Å². The van der Waals surface area contributed by atoms with Gasteiger partial charge in [-0.25, -0.2) is 0 Å². The monoisotopic (exact) mass is 179 g/mol. The van der Waals surface area contributed by atoms with E-state index < -0.39 is 0 Å². The van der Waals surface area contributed by atoms with Crippen LogP contribution in [0.2, 0.25) is 0 Å². The van der Waals surface area contributed by atoms with Gasteiger partial charge in [0.2, 0.25) is 0 Å². The predicted molar refractivity (Wildman–Crippen MR) is 57.4 cm³/mol. The molecule has 2 unspecified atom stereocenters. The molecule has 0 radical (unpaired) electrons. The molecule has 1 aliphatic carbocycles. The Bertz CT molecular complexity index is 188. The van der Waals surface area contributed by atoms with E-state index in [4.69, 9.17) is 6.42 Å². The summed E-state index contributed by atoms with van der Waals surface area (Å²) in [5.74, 6) is 3.70. The van der Waals surface area contributed by atoms with Crippen molar-refractivity contribution < 1.29 is 0 Å². The van der Waals surface area contributed by atoms with Crippen molar-refractivity contribution >= 4 is 0 Å². The summed E-state index contributed by atoms with van der Waals surface area (Å²) in [6, 6.07) is 0. The van der Waals surface area contributed by atoms with Gasteiger partial charge in [-0.3, -0.25) is 0 Å². The normalized spacial score (nSPS) is 34.1. The average Bonchev–Trinajstić information content (AvgIpc) is 2.04. The predicted octanol–water partition coefficient (Wildman–Crippen LogP) is 2.43. The quantitative estimate of drug-likeness (QED) is 0.656. The van der Waals surface area contributed by atoms with E-state index in [1.807, 2.05) is 7.05 Å². The van der Waals surface area contributed by atoms with Crippen molar-refractivity contribution in [3.8, 4) is 12.3 Å². The Balaban J connectivity index is 2.59. The molecule has 13 heavy (non-hydrogen) atoms. The van der Waals surface area contributed by atoms with Gasteiger partial charge in [0.25, 0.3) is 0 Å². The topological polar surface area (TPSA) is 12.0 Å². The van der Waals surface area contributed by atoms with Gasteiger partial charge in [0.1, 0.15) is 0 Å². The maximum atomic E-state index is 5.44. The number of rotatable bonds is 3. The van der Waals surface area contributed by atoms with Gasteiger partial charge in [0, 0.05) is 13.0 Å². The molecule has 0 amide bonds. The molecule has 0 aromatic heterocycles. The molecule has 1 heteroatoms. The Morgan fingerprint density at radius 1 is 1.62 bits per heavy atom. The van der Waals surface area contributed by atoms with E-state index >= 15 is 0 Å². The van der Waals surface area contributed by atoms with Gasteiger partial charge in [-0.05, 0) is 31.2 Å². The van der Waals surface area contributed by atoms with Crippen LogP contribution in [0.4, 0.5) is 0 Å². The molecule has 1 aliphatic rings. The lowest BCUT2D eigenvalue weighted by Crippen LogP contribution is -2.36. The second kappa shape index (κ2) is 4.67. The Labute approximate surface area is 82.3 Å². The van der Waals surface area contributed by atoms with Crippen LogP contribution < -0.4 is 5.32 Å². The zero-order chi connectivity index (χ0) is 9.73. The van der Waals surface area contributed by atoms with Crippen LogP contribution in [-0.2, 0) is 0 Å². The zero-order valence-corrected chi connectivity index (χ0v) is 8.90. The van der Waals surface area contributed by atoms with Gasteiger partial charge in [0.15, 0.2) is 0 Å². The molecule has 0 bridgehead atoms. The summed E-state index contributed by atoms with van der Waals surface area (Å²) in [7, 11) is 2.03. The second-order valence-corrected chi connectivity index (χ2v) is 4.61. The van der Waals surface area contributed by atoms with E-state index in [0.29, 0.717) is 5.41 Å². The Kier molecular flexibility index (Phi) is 3.81. The molecule has 0 aliphatic heterocycles. The van der Waals surface area contributed by atoms with Crippen LogP contribution in [0.25, 0.3) is 0 Å². The van der Waals surface area contributed by atoms with Crippen molar-refractivity contribution in [1.29, 1.82) is 0 Å². The maximum Gasteiger partial charge on any atom is 0.0155 e. The van der Waals surface area contributed by atoms with Crippen LogP contribution in [0.5, 0.6) is 0 Å². The lowest BCUT2D eigenvalue weighted by molar-refractivity contribution is 0.150. The highest BCUT2D eigenvalue weighted by Gasteiger charge is 2.33. The molecular formula is C12H21N. The molecule has 0 aromatic carbocycles. The van der Waals surface area contributed by atoms with Crippen LogP contribution in [0, 0.1) is 23.7 Å². The summed E-state index contributed by atoms with van der Waals surface area (Å²) in [5, 5.41) is 3.29. The van der Waals surface area contributed by atoms with Gasteiger partial charge in [-0.2, -0.15) is 0 Å². The first kappa shape index (κ1) is 10.6. The summed E-state index contributed by atoms with van der Waals surface area (Å²) in [6.45, 7) is 3.43. The lowest BCUT2D eigenvalue weighted by atomic mass is 9.68. The van der Waals surface area contributed by atoms with Gasteiger partial charge in [0.05, 0.1) is 0 Å². The van der Waals surface area contributed by atoms with Gasteiger partial charge in [-0.15, -0.1) is 12.3 Å². The third kappa shape index (κ3) is 2.74. The van der Waals surface area contributed by atoms with Crippen LogP contribution in [0.15, 0.2) is 0 Å². The lowest BCUT2D eigenvalue weighted by Gasteiger charge is -2.39. The van der Waals surface area contributed by atoms with Crippen molar-refractivity contribution in [1.82, 2.24) is 5.32 Å². The van der Waals surface area contributed by atoms with Gasteiger partial charge < -0.3 is 5.32 Å². The van der Waals surface area contributed by atoms with Crippen molar-refractivity contribution in [3.63, 3.8) is 0 Å². The maximum absolute atomic E-state index is 5.44. The summed E-state index contributed by atoms with van der Waals surface area (Å²) >= 11 is 0. The fourth-order valence-corrected chi connectivity index (χ4v) is 2.74. The molecule has 2 atom stereocenters. The largest absolute Gasteiger partial charge is 0.319 e. The number of nitrogens with one attached hydrogen (secondary N) is 1. The highest BCUT2D eigenvalue weighted by atomic mass is 14.8. The van der Waals surface area contributed by atoms with E-state index in [-0.39, 0.29) is 0 Å². The minimum atomic E-state index is 0.404. The molecular weight excluding hydrogens is 158 g/mol. The molecule has 1 rings (SSSR count). The summed E-state index contributed by atoms with van der Waals surface area (Å²) in [5.41, 5.74) is 0.404. The summed E-state index contributed by atoms with van der Waals surface area (Å²) in [6.07, 6.45) is 11.7. The van der Waals surface area contributed by atoms with Crippen LogP contribution in [0.1, 0.15) is 39.0 Å². The minimum absolute atomic E-state index is 0.404. The summed E-state index contributed by atoms with van der Waals surface area (Å²) < 4.78 is 0. The SMILES string of the molecule is C#CCC1(CNC)CCCC(C)C1. The van der Waals surface area contributed by atoms with E-state index in [9.17, 15) is 0 Å². The highest BCUT2D eigenvalue weighted by Crippen LogP contribution is 2.41. The van der Waals surface area contributed by atoms with E-state index in [1.54, 1.807) is 0 Å². The molecule has 0 aromatic rings. The minimum Gasteiger partial charge on any atom is -0.319 e. The molecule has 74 valence electrons. The van der Waals surface area contributed by atoms with Gasteiger partial charge in [-0.1, -0.05) is 19.8 Å². The van der Waals surface area contributed by atoms with Crippen molar-refractivity contribution in [3.05, 3.63) is 0 Å². The Hall–Kier alpha value is -0.480. The van der Waals surface area contributed by atoms with Gasteiger partial charge >= 0.3 is 0 Å².